The molecule has 0 unspecified atom stereocenters. The molecule has 4 heteroatoms. The third kappa shape index (κ3) is 5.64. The minimum atomic E-state index is -0.123. The van der Waals surface area contributed by atoms with Crippen LogP contribution >= 0.6 is 11.6 Å². The van der Waals surface area contributed by atoms with Gasteiger partial charge in [0.1, 0.15) is 0 Å². The molecular weight excluding hydrogens is 274 g/mol. The van der Waals surface area contributed by atoms with E-state index in [1.54, 1.807) is 18.2 Å². The quantitative estimate of drug-likeness (QED) is 0.820. The Morgan fingerprint density at radius 1 is 1.45 bits per heavy atom. The van der Waals surface area contributed by atoms with E-state index >= 15 is 0 Å². The Bertz CT molecular complexity index is 515. The summed E-state index contributed by atoms with van der Waals surface area (Å²) in [6.45, 7) is 4.92. The maximum atomic E-state index is 11.9. The summed E-state index contributed by atoms with van der Waals surface area (Å²) in [6, 6.07) is 5.05. The van der Waals surface area contributed by atoms with E-state index in [0.717, 1.165) is 6.42 Å². The first kappa shape index (κ1) is 16.6. The van der Waals surface area contributed by atoms with E-state index in [0.29, 0.717) is 35.0 Å². The third-order valence-corrected chi connectivity index (χ3v) is 3.01. The minimum Gasteiger partial charge on any atom is -0.395 e. The first-order valence-electron chi connectivity index (χ1n) is 6.72. The van der Waals surface area contributed by atoms with E-state index in [4.69, 9.17) is 16.7 Å². The molecule has 2 N–H and O–H groups in total. The molecule has 0 heterocycles. The van der Waals surface area contributed by atoms with Crippen molar-refractivity contribution in [2.75, 3.05) is 13.2 Å². The average Bonchev–Trinajstić information content (AvgIpc) is 2.40. The van der Waals surface area contributed by atoms with Crippen LogP contribution in [0.3, 0.4) is 0 Å². The highest BCUT2D eigenvalue weighted by Gasteiger charge is 2.07. The van der Waals surface area contributed by atoms with Gasteiger partial charge in [0.05, 0.1) is 11.6 Å². The molecule has 3 nitrogen and oxygen atoms in total. The standard InChI is InChI=1S/C16H20ClNO2/c1-12(2)8-9-18-16(20)14-7-6-13(15(17)11-14)5-3-4-10-19/h6-7,11-12,19H,4,8-10H2,1-2H3,(H,18,20). The molecule has 0 saturated carbocycles. The number of amides is 1. The maximum absolute atomic E-state index is 11.9. The maximum Gasteiger partial charge on any atom is 0.251 e. The Hall–Kier alpha value is -1.50. The van der Waals surface area contributed by atoms with Crippen LogP contribution in [-0.4, -0.2) is 24.2 Å². The third-order valence-electron chi connectivity index (χ3n) is 2.70. The summed E-state index contributed by atoms with van der Waals surface area (Å²) in [6.07, 6.45) is 1.36. The van der Waals surface area contributed by atoms with E-state index in [1.807, 2.05) is 0 Å². The van der Waals surface area contributed by atoms with Crippen LogP contribution in [0.4, 0.5) is 0 Å². The van der Waals surface area contributed by atoms with Crippen LogP contribution in [0.15, 0.2) is 18.2 Å². The van der Waals surface area contributed by atoms with Crippen LogP contribution < -0.4 is 5.32 Å². The molecule has 1 amide bonds. The number of carbonyl (C=O) groups is 1. The van der Waals surface area contributed by atoms with Crippen LogP contribution in [0.5, 0.6) is 0 Å². The number of rotatable bonds is 5. The highest BCUT2D eigenvalue weighted by atomic mass is 35.5. The second kappa shape index (κ2) is 8.63. The van der Waals surface area contributed by atoms with Gasteiger partial charge in [-0.05, 0) is 30.5 Å². The Morgan fingerprint density at radius 3 is 2.80 bits per heavy atom. The van der Waals surface area contributed by atoms with Crippen molar-refractivity contribution in [3.63, 3.8) is 0 Å². The molecule has 0 fully saturated rings. The van der Waals surface area contributed by atoms with Gasteiger partial charge in [-0.3, -0.25) is 4.79 Å². The largest absolute Gasteiger partial charge is 0.395 e. The molecule has 0 aliphatic rings. The monoisotopic (exact) mass is 293 g/mol. The summed E-state index contributed by atoms with van der Waals surface area (Å²) in [5.41, 5.74) is 1.20. The number of aliphatic hydroxyl groups excluding tert-OH is 1. The fourth-order valence-electron chi connectivity index (χ4n) is 1.55. The number of aliphatic hydroxyl groups is 1. The summed E-state index contributed by atoms with van der Waals surface area (Å²) in [4.78, 5) is 11.9. The van der Waals surface area contributed by atoms with Crippen molar-refractivity contribution < 1.29 is 9.90 Å². The van der Waals surface area contributed by atoms with E-state index in [2.05, 4.69) is 31.0 Å². The molecule has 0 spiro atoms. The van der Waals surface area contributed by atoms with Gasteiger partial charge in [-0.15, -0.1) is 0 Å². The van der Waals surface area contributed by atoms with E-state index in [9.17, 15) is 4.79 Å². The summed E-state index contributed by atoms with van der Waals surface area (Å²) >= 11 is 6.09. The molecule has 1 aromatic rings. The zero-order valence-corrected chi connectivity index (χ0v) is 12.6. The van der Waals surface area contributed by atoms with Gasteiger partial charge in [0.2, 0.25) is 0 Å². The van der Waals surface area contributed by atoms with Crippen LogP contribution in [-0.2, 0) is 0 Å². The van der Waals surface area contributed by atoms with Gasteiger partial charge < -0.3 is 10.4 Å². The fourth-order valence-corrected chi connectivity index (χ4v) is 1.78. The van der Waals surface area contributed by atoms with Gasteiger partial charge in [-0.25, -0.2) is 0 Å². The van der Waals surface area contributed by atoms with Crippen LogP contribution in [0, 0.1) is 17.8 Å². The van der Waals surface area contributed by atoms with E-state index in [-0.39, 0.29) is 12.5 Å². The second-order valence-electron chi connectivity index (χ2n) is 4.91. The van der Waals surface area contributed by atoms with Crippen molar-refractivity contribution in [3.05, 3.63) is 34.3 Å². The number of halogens is 1. The molecule has 0 aromatic heterocycles. The van der Waals surface area contributed by atoms with Crippen molar-refractivity contribution in [1.82, 2.24) is 5.32 Å². The van der Waals surface area contributed by atoms with Gasteiger partial charge >= 0.3 is 0 Å². The second-order valence-corrected chi connectivity index (χ2v) is 5.32. The topological polar surface area (TPSA) is 49.3 Å². The predicted molar refractivity (Wildman–Crippen MR) is 81.8 cm³/mol. The van der Waals surface area contributed by atoms with Gasteiger partial charge in [-0.1, -0.05) is 37.3 Å². The Kier molecular flexibility index (Phi) is 7.14. The number of carbonyl (C=O) groups excluding carboxylic acids is 1. The van der Waals surface area contributed by atoms with Crippen molar-refractivity contribution >= 4 is 17.5 Å². The lowest BCUT2D eigenvalue weighted by Crippen LogP contribution is -2.25. The lowest BCUT2D eigenvalue weighted by molar-refractivity contribution is 0.0952. The molecule has 0 radical (unpaired) electrons. The van der Waals surface area contributed by atoms with E-state index < -0.39 is 0 Å². The Labute approximate surface area is 125 Å². The molecule has 108 valence electrons. The average molecular weight is 294 g/mol. The molecular formula is C16H20ClNO2. The summed E-state index contributed by atoms with van der Waals surface area (Å²) in [5.74, 6) is 6.10. The van der Waals surface area contributed by atoms with Crippen molar-refractivity contribution in [2.45, 2.75) is 26.7 Å². The normalized spacial score (nSPS) is 10.1. The van der Waals surface area contributed by atoms with Crippen LogP contribution in [0.25, 0.3) is 0 Å². The van der Waals surface area contributed by atoms with Gasteiger partial charge in [0.25, 0.3) is 5.91 Å². The molecule has 0 bridgehead atoms. The zero-order valence-electron chi connectivity index (χ0n) is 11.9. The lowest BCUT2D eigenvalue weighted by Gasteiger charge is -2.07. The zero-order chi connectivity index (χ0) is 15.0. The van der Waals surface area contributed by atoms with Crippen molar-refractivity contribution in [1.29, 1.82) is 0 Å². The number of benzene rings is 1. The molecule has 20 heavy (non-hydrogen) atoms. The predicted octanol–water partition coefficient (Wildman–Crippen LogP) is 2.85. The Balaban J connectivity index is 2.67. The highest BCUT2D eigenvalue weighted by molar-refractivity contribution is 6.32. The molecule has 1 rings (SSSR count). The molecule has 0 saturated heterocycles. The number of hydrogen-bond acceptors (Lipinski definition) is 2. The SMILES string of the molecule is CC(C)CCNC(=O)c1ccc(C#CCCO)c(Cl)c1. The summed E-state index contributed by atoms with van der Waals surface area (Å²) < 4.78 is 0. The van der Waals surface area contributed by atoms with Crippen molar-refractivity contribution in [3.8, 4) is 11.8 Å². The number of nitrogens with one attached hydrogen (secondary N) is 1. The van der Waals surface area contributed by atoms with E-state index in [1.165, 1.54) is 0 Å². The van der Waals surface area contributed by atoms with Gasteiger partial charge in [0, 0.05) is 24.1 Å². The fraction of sp³-hybridized carbons (Fsp3) is 0.438. The van der Waals surface area contributed by atoms with Gasteiger partial charge in [0.15, 0.2) is 0 Å². The minimum absolute atomic E-state index is 0.0287. The first-order chi connectivity index (χ1) is 9.54. The van der Waals surface area contributed by atoms with Gasteiger partial charge in [-0.2, -0.15) is 0 Å². The van der Waals surface area contributed by atoms with Crippen LogP contribution in [0.2, 0.25) is 5.02 Å². The molecule has 0 atom stereocenters. The number of hydrogen-bond donors (Lipinski definition) is 2. The molecule has 1 aromatic carbocycles. The summed E-state index contributed by atoms with van der Waals surface area (Å²) in [7, 11) is 0. The smallest absolute Gasteiger partial charge is 0.251 e. The molecule has 0 aliphatic heterocycles. The lowest BCUT2D eigenvalue weighted by atomic mass is 10.1. The Morgan fingerprint density at radius 2 is 2.20 bits per heavy atom. The van der Waals surface area contributed by atoms with Crippen LogP contribution in [0.1, 0.15) is 42.6 Å². The first-order valence-corrected chi connectivity index (χ1v) is 7.10. The van der Waals surface area contributed by atoms with Crippen molar-refractivity contribution in [2.24, 2.45) is 5.92 Å². The molecule has 0 aliphatic carbocycles. The highest BCUT2D eigenvalue weighted by Crippen LogP contribution is 2.17. The summed E-state index contributed by atoms with van der Waals surface area (Å²) in [5, 5.41) is 12.0.